The Morgan fingerprint density at radius 2 is 1.95 bits per heavy atom. The molecular formula is C16H15NO3S. The predicted octanol–water partition coefficient (Wildman–Crippen LogP) is 3.12. The quantitative estimate of drug-likeness (QED) is 0.863. The summed E-state index contributed by atoms with van der Waals surface area (Å²) in [5, 5.41) is 12.8. The number of carbonyl (C=O) groups is 2. The van der Waals surface area contributed by atoms with E-state index in [1.165, 1.54) is 18.2 Å². The van der Waals surface area contributed by atoms with Gasteiger partial charge in [-0.3, -0.25) is 4.79 Å². The second-order valence-corrected chi connectivity index (χ2v) is 5.37. The minimum absolute atomic E-state index is 0.0940. The molecule has 1 heterocycles. The average molecular weight is 301 g/mol. The van der Waals surface area contributed by atoms with Crippen LogP contribution in [0.5, 0.6) is 0 Å². The number of hydrogen-bond acceptors (Lipinski definition) is 3. The highest BCUT2D eigenvalue weighted by Crippen LogP contribution is 2.10. The number of aromatic carboxylic acids is 1. The third-order valence-corrected chi connectivity index (χ3v) is 3.66. The molecule has 0 saturated heterocycles. The molecule has 0 saturated carbocycles. The van der Waals surface area contributed by atoms with Gasteiger partial charge in [-0.05, 0) is 46.2 Å². The Kier molecular flexibility index (Phi) is 4.90. The van der Waals surface area contributed by atoms with Crippen molar-refractivity contribution in [2.75, 3.05) is 7.05 Å². The highest BCUT2D eigenvalue weighted by Gasteiger charge is 2.07. The Hall–Kier alpha value is -2.40. The molecule has 0 bridgehead atoms. The van der Waals surface area contributed by atoms with E-state index in [1.54, 1.807) is 41.5 Å². The van der Waals surface area contributed by atoms with Gasteiger partial charge in [0.05, 0.1) is 5.56 Å². The van der Waals surface area contributed by atoms with Crippen LogP contribution in [0.2, 0.25) is 0 Å². The topological polar surface area (TPSA) is 57.6 Å². The summed E-state index contributed by atoms with van der Waals surface area (Å²) in [7, 11) is 1.71. The normalized spacial score (nSPS) is 10.7. The van der Waals surface area contributed by atoms with Crippen LogP contribution < -0.4 is 0 Å². The molecule has 4 nitrogen and oxygen atoms in total. The van der Waals surface area contributed by atoms with Gasteiger partial charge >= 0.3 is 5.97 Å². The van der Waals surface area contributed by atoms with Crippen molar-refractivity contribution in [1.29, 1.82) is 0 Å². The summed E-state index contributed by atoms with van der Waals surface area (Å²) < 4.78 is 0. The first-order valence-corrected chi connectivity index (χ1v) is 7.28. The summed E-state index contributed by atoms with van der Waals surface area (Å²) >= 11 is 1.58. The van der Waals surface area contributed by atoms with Gasteiger partial charge in [-0.1, -0.05) is 12.1 Å². The highest BCUT2D eigenvalue weighted by molar-refractivity contribution is 7.08. The number of carboxylic acid groups (broad SMARTS) is 1. The summed E-state index contributed by atoms with van der Waals surface area (Å²) in [6, 6.07) is 8.46. The van der Waals surface area contributed by atoms with Crippen LogP contribution in [0.25, 0.3) is 6.08 Å². The predicted molar refractivity (Wildman–Crippen MR) is 83.2 cm³/mol. The van der Waals surface area contributed by atoms with Gasteiger partial charge in [0.2, 0.25) is 5.91 Å². The molecular weight excluding hydrogens is 286 g/mol. The summed E-state index contributed by atoms with van der Waals surface area (Å²) in [6.45, 7) is 0.437. The molecule has 5 heteroatoms. The molecule has 21 heavy (non-hydrogen) atoms. The van der Waals surface area contributed by atoms with E-state index >= 15 is 0 Å². The van der Waals surface area contributed by atoms with Gasteiger partial charge < -0.3 is 10.0 Å². The lowest BCUT2D eigenvalue weighted by atomic mass is 10.1. The third kappa shape index (κ3) is 4.29. The first-order chi connectivity index (χ1) is 10.1. The number of benzene rings is 1. The maximum atomic E-state index is 12.0. The molecule has 0 unspecified atom stereocenters. The van der Waals surface area contributed by atoms with Crippen molar-refractivity contribution in [1.82, 2.24) is 4.90 Å². The van der Waals surface area contributed by atoms with E-state index in [0.717, 1.165) is 11.1 Å². The van der Waals surface area contributed by atoms with Crippen LogP contribution in [-0.4, -0.2) is 28.9 Å². The number of likely N-dealkylation sites (N-methyl/N-ethyl adjacent to an activating group) is 1. The van der Waals surface area contributed by atoms with E-state index in [2.05, 4.69) is 0 Å². The molecule has 1 N–H and O–H groups in total. The Morgan fingerprint density at radius 3 is 2.52 bits per heavy atom. The monoisotopic (exact) mass is 301 g/mol. The molecule has 2 aromatic rings. The molecule has 1 aromatic heterocycles. The zero-order valence-corrected chi connectivity index (χ0v) is 12.3. The number of nitrogens with zero attached hydrogens (tertiary/aromatic N) is 1. The minimum Gasteiger partial charge on any atom is -0.478 e. The second-order valence-electron chi connectivity index (χ2n) is 4.59. The summed E-state index contributed by atoms with van der Waals surface area (Å²) in [6.07, 6.45) is 3.32. The number of carbonyl (C=O) groups excluding carboxylic acids is 1. The maximum absolute atomic E-state index is 12.0. The van der Waals surface area contributed by atoms with E-state index in [0.29, 0.717) is 6.54 Å². The lowest BCUT2D eigenvalue weighted by Crippen LogP contribution is -2.24. The van der Waals surface area contributed by atoms with Crippen LogP contribution in [-0.2, 0) is 11.3 Å². The van der Waals surface area contributed by atoms with Crippen LogP contribution in [0, 0.1) is 0 Å². The molecule has 0 aliphatic carbocycles. The lowest BCUT2D eigenvalue weighted by molar-refractivity contribution is -0.125. The SMILES string of the molecule is CN(Cc1ccc(C(=O)O)cc1)C(=O)/C=C/c1ccsc1. The summed E-state index contributed by atoms with van der Waals surface area (Å²) in [4.78, 5) is 24.3. The van der Waals surface area contributed by atoms with Crippen LogP contribution >= 0.6 is 11.3 Å². The van der Waals surface area contributed by atoms with E-state index in [4.69, 9.17) is 5.11 Å². The Labute approximate surface area is 127 Å². The van der Waals surface area contributed by atoms with E-state index in [9.17, 15) is 9.59 Å². The molecule has 0 aliphatic rings. The zero-order chi connectivity index (χ0) is 15.2. The lowest BCUT2D eigenvalue weighted by Gasteiger charge is -2.15. The van der Waals surface area contributed by atoms with E-state index in [1.807, 2.05) is 16.8 Å². The van der Waals surface area contributed by atoms with Crippen molar-refractivity contribution >= 4 is 29.3 Å². The van der Waals surface area contributed by atoms with Gasteiger partial charge in [0.15, 0.2) is 0 Å². The largest absolute Gasteiger partial charge is 0.478 e. The molecule has 0 aliphatic heterocycles. The second kappa shape index (κ2) is 6.85. The van der Waals surface area contributed by atoms with Crippen LogP contribution in [0.3, 0.4) is 0 Å². The van der Waals surface area contributed by atoms with E-state index in [-0.39, 0.29) is 11.5 Å². The molecule has 0 radical (unpaired) electrons. The van der Waals surface area contributed by atoms with Crippen LogP contribution in [0.4, 0.5) is 0 Å². The Morgan fingerprint density at radius 1 is 1.24 bits per heavy atom. The van der Waals surface area contributed by atoms with E-state index < -0.39 is 5.97 Å². The fourth-order valence-electron chi connectivity index (χ4n) is 1.77. The van der Waals surface area contributed by atoms with Crippen molar-refractivity contribution in [3.8, 4) is 0 Å². The third-order valence-electron chi connectivity index (χ3n) is 2.96. The zero-order valence-electron chi connectivity index (χ0n) is 11.5. The van der Waals surface area contributed by atoms with Crippen molar-refractivity contribution in [3.63, 3.8) is 0 Å². The molecule has 108 valence electrons. The molecule has 1 aromatic carbocycles. The maximum Gasteiger partial charge on any atom is 0.335 e. The average Bonchev–Trinajstić information content (AvgIpc) is 2.98. The first-order valence-electron chi connectivity index (χ1n) is 6.34. The van der Waals surface area contributed by atoms with Gasteiger partial charge in [0.25, 0.3) is 0 Å². The fraction of sp³-hybridized carbons (Fsp3) is 0.125. The number of rotatable bonds is 5. The number of hydrogen-bond donors (Lipinski definition) is 1. The minimum atomic E-state index is -0.954. The Bertz CT molecular complexity index is 645. The first kappa shape index (κ1) is 15.0. The van der Waals surface area contributed by atoms with Gasteiger partial charge in [0, 0.05) is 19.7 Å². The summed E-state index contributed by atoms with van der Waals surface area (Å²) in [5.41, 5.74) is 2.14. The molecule has 0 spiro atoms. The van der Waals surface area contributed by atoms with Gasteiger partial charge in [-0.2, -0.15) is 11.3 Å². The van der Waals surface area contributed by atoms with Crippen molar-refractivity contribution in [2.24, 2.45) is 0 Å². The highest BCUT2D eigenvalue weighted by atomic mass is 32.1. The standard InChI is InChI=1S/C16H15NO3S/c1-17(15(18)7-4-13-8-9-21-11-13)10-12-2-5-14(6-3-12)16(19)20/h2-9,11H,10H2,1H3,(H,19,20)/b7-4+. The fourth-order valence-corrected chi connectivity index (χ4v) is 2.40. The Balaban J connectivity index is 1.95. The molecule has 2 rings (SSSR count). The summed E-state index contributed by atoms with van der Waals surface area (Å²) in [5.74, 6) is -1.05. The molecule has 0 atom stereocenters. The smallest absolute Gasteiger partial charge is 0.335 e. The number of thiophene rings is 1. The van der Waals surface area contributed by atoms with Crippen molar-refractivity contribution in [2.45, 2.75) is 6.54 Å². The molecule has 0 fully saturated rings. The number of amides is 1. The molecule has 1 amide bonds. The van der Waals surface area contributed by atoms with Crippen LogP contribution in [0.1, 0.15) is 21.5 Å². The van der Waals surface area contributed by atoms with Crippen molar-refractivity contribution < 1.29 is 14.7 Å². The van der Waals surface area contributed by atoms with Gasteiger partial charge in [-0.15, -0.1) is 0 Å². The van der Waals surface area contributed by atoms with Crippen LogP contribution in [0.15, 0.2) is 47.2 Å². The van der Waals surface area contributed by atoms with Gasteiger partial charge in [0.1, 0.15) is 0 Å². The number of carboxylic acids is 1. The van der Waals surface area contributed by atoms with Gasteiger partial charge in [-0.25, -0.2) is 4.79 Å². The van der Waals surface area contributed by atoms with Crippen molar-refractivity contribution in [3.05, 3.63) is 63.9 Å².